The first kappa shape index (κ1) is 13.7. The van der Waals surface area contributed by atoms with Gasteiger partial charge in [-0.05, 0) is 18.8 Å². The Bertz CT molecular complexity index is 366. The first-order valence-corrected chi connectivity index (χ1v) is 5.84. The van der Waals surface area contributed by atoms with Crippen molar-refractivity contribution in [3.63, 3.8) is 0 Å². The van der Waals surface area contributed by atoms with Crippen molar-refractivity contribution in [3.05, 3.63) is 11.8 Å². The maximum Gasteiger partial charge on any atom is 0.224 e. The van der Waals surface area contributed by atoms with Crippen LogP contribution in [0.1, 0.15) is 25.8 Å². The number of nitrogens with zero attached hydrogens (tertiary/aromatic N) is 2. The molecule has 0 unspecified atom stereocenters. The summed E-state index contributed by atoms with van der Waals surface area (Å²) in [5, 5.41) is 15.2. The molecule has 0 aliphatic rings. The average molecular weight is 238 g/mol. The molecule has 5 heteroatoms. The molecular formula is C12H22N4O. The Labute approximate surface area is 103 Å². The summed E-state index contributed by atoms with van der Waals surface area (Å²) in [6, 6.07) is 0. The van der Waals surface area contributed by atoms with Crippen LogP contribution in [0.25, 0.3) is 0 Å². The molecule has 0 saturated heterocycles. The number of aliphatic hydroxyl groups excluding tert-OH is 1. The Morgan fingerprint density at radius 3 is 2.71 bits per heavy atom. The van der Waals surface area contributed by atoms with Crippen LogP contribution in [0.4, 0.5) is 11.8 Å². The number of aromatic nitrogens is 2. The number of rotatable bonds is 6. The Balaban J connectivity index is 2.68. The van der Waals surface area contributed by atoms with Crippen molar-refractivity contribution < 1.29 is 5.11 Å². The largest absolute Gasteiger partial charge is 0.396 e. The van der Waals surface area contributed by atoms with Crippen LogP contribution in [0.15, 0.2) is 6.20 Å². The van der Waals surface area contributed by atoms with Gasteiger partial charge in [0.15, 0.2) is 0 Å². The quantitative estimate of drug-likeness (QED) is 0.703. The molecule has 5 nitrogen and oxygen atoms in total. The SMILES string of the molecule is CNc1ncc(C)c(NCC(C)(C)CCO)n1. The molecule has 0 spiro atoms. The summed E-state index contributed by atoms with van der Waals surface area (Å²) >= 11 is 0. The molecule has 96 valence electrons. The van der Waals surface area contributed by atoms with Crippen LogP contribution in [0.2, 0.25) is 0 Å². The fourth-order valence-corrected chi connectivity index (χ4v) is 1.46. The van der Waals surface area contributed by atoms with E-state index in [1.807, 2.05) is 6.92 Å². The number of hydrogen-bond acceptors (Lipinski definition) is 5. The second-order valence-corrected chi connectivity index (χ2v) is 4.97. The minimum atomic E-state index is 0.0476. The summed E-state index contributed by atoms with van der Waals surface area (Å²) in [5.74, 6) is 1.45. The summed E-state index contributed by atoms with van der Waals surface area (Å²) in [5.41, 5.74) is 1.06. The van der Waals surface area contributed by atoms with E-state index in [-0.39, 0.29) is 12.0 Å². The first-order valence-electron chi connectivity index (χ1n) is 5.84. The molecule has 1 rings (SSSR count). The zero-order valence-electron chi connectivity index (χ0n) is 11.0. The van der Waals surface area contributed by atoms with Crippen LogP contribution in [0.3, 0.4) is 0 Å². The molecule has 1 aromatic heterocycles. The van der Waals surface area contributed by atoms with Crippen molar-refractivity contribution in [2.24, 2.45) is 5.41 Å². The number of aryl methyl sites for hydroxylation is 1. The van der Waals surface area contributed by atoms with Gasteiger partial charge in [-0.3, -0.25) is 0 Å². The number of nitrogens with one attached hydrogen (secondary N) is 2. The van der Waals surface area contributed by atoms with Crippen LogP contribution in [-0.4, -0.2) is 35.3 Å². The van der Waals surface area contributed by atoms with Crippen LogP contribution >= 0.6 is 0 Å². The Morgan fingerprint density at radius 2 is 2.12 bits per heavy atom. The van der Waals surface area contributed by atoms with Crippen LogP contribution in [0.5, 0.6) is 0 Å². The number of aliphatic hydroxyl groups is 1. The first-order chi connectivity index (χ1) is 7.98. The highest BCUT2D eigenvalue weighted by atomic mass is 16.3. The highest BCUT2D eigenvalue weighted by Gasteiger charge is 2.17. The summed E-state index contributed by atoms with van der Waals surface area (Å²) < 4.78 is 0. The normalized spacial score (nSPS) is 11.4. The molecule has 0 atom stereocenters. The predicted molar refractivity (Wildman–Crippen MR) is 70.3 cm³/mol. The molecule has 17 heavy (non-hydrogen) atoms. The van der Waals surface area contributed by atoms with Crippen molar-refractivity contribution in [2.75, 3.05) is 30.8 Å². The van der Waals surface area contributed by atoms with Gasteiger partial charge in [0.1, 0.15) is 5.82 Å². The highest BCUT2D eigenvalue weighted by Crippen LogP contribution is 2.21. The van der Waals surface area contributed by atoms with E-state index < -0.39 is 0 Å². The van der Waals surface area contributed by atoms with E-state index >= 15 is 0 Å². The van der Waals surface area contributed by atoms with Gasteiger partial charge in [0.05, 0.1) is 0 Å². The third kappa shape index (κ3) is 4.19. The molecule has 0 aliphatic heterocycles. The van der Waals surface area contributed by atoms with E-state index in [0.717, 1.165) is 24.3 Å². The molecule has 0 fully saturated rings. The topological polar surface area (TPSA) is 70.1 Å². The van der Waals surface area contributed by atoms with Gasteiger partial charge in [0.2, 0.25) is 5.95 Å². The van der Waals surface area contributed by atoms with Gasteiger partial charge in [0, 0.05) is 32.0 Å². The van der Waals surface area contributed by atoms with Gasteiger partial charge in [-0.1, -0.05) is 13.8 Å². The Morgan fingerprint density at radius 1 is 1.41 bits per heavy atom. The van der Waals surface area contributed by atoms with E-state index in [1.54, 1.807) is 13.2 Å². The zero-order valence-corrected chi connectivity index (χ0v) is 11.0. The molecular weight excluding hydrogens is 216 g/mol. The van der Waals surface area contributed by atoms with Crippen molar-refractivity contribution in [3.8, 4) is 0 Å². The molecule has 0 amide bonds. The molecule has 3 N–H and O–H groups in total. The van der Waals surface area contributed by atoms with Crippen molar-refractivity contribution in [1.82, 2.24) is 9.97 Å². The smallest absolute Gasteiger partial charge is 0.224 e. The molecule has 0 aliphatic carbocycles. The summed E-state index contributed by atoms with van der Waals surface area (Å²) in [6.45, 7) is 7.19. The zero-order chi connectivity index (χ0) is 12.9. The number of hydrogen-bond donors (Lipinski definition) is 3. The van der Waals surface area contributed by atoms with E-state index in [0.29, 0.717) is 5.95 Å². The lowest BCUT2D eigenvalue weighted by molar-refractivity contribution is 0.220. The Hall–Kier alpha value is -1.36. The second-order valence-electron chi connectivity index (χ2n) is 4.97. The maximum absolute atomic E-state index is 8.97. The molecule has 1 heterocycles. The van der Waals surface area contributed by atoms with Crippen LogP contribution < -0.4 is 10.6 Å². The third-order valence-corrected chi connectivity index (χ3v) is 2.72. The lowest BCUT2D eigenvalue weighted by atomic mass is 9.90. The van der Waals surface area contributed by atoms with Gasteiger partial charge in [0.25, 0.3) is 0 Å². The average Bonchev–Trinajstić information content (AvgIpc) is 2.28. The fourth-order valence-electron chi connectivity index (χ4n) is 1.46. The summed E-state index contributed by atoms with van der Waals surface area (Å²) in [4.78, 5) is 8.49. The summed E-state index contributed by atoms with van der Waals surface area (Å²) in [7, 11) is 1.80. The van der Waals surface area contributed by atoms with Crippen molar-refractivity contribution >= 4 is 11.8 Å². The standard InChI is InChI=1S/C12H22N4O/c1-9-7-14-11(13-4)16-10(9)15-8-12(2,3)5-6-17/h7,17H,5-6,8H2,1-4H3,(H2,13,14,15,16). The second kappa shape index (κ2) is 5.82. The Kier molecular flexibility index (Phi) is 4.69. The minimum absolute atomic E-state index is 0.0476. The van der Waals surface area contributed by atoms with Gasteiger partial charge >= 0.3 is 0 Å². The minimum Gasteiger partial charge on any atom is -0.396 e. The lowest BCUT2D eigenvalue weighted by Gasteiger charge is -2.24. The summed E-state index contributed by atoms with van der Waals surface area (Å²) in [6.07, 6.45) is 2.56. The van der Waals surface area contributed by atoms with Crippen molar-refractivity contribution in [1.29, 1.82) is 0 Å². The molecule has 0 bridgehead atoms. The van der Waals surface area contributed by atoms with E-state index in [4.69, 9.17) is 5.11 Å². The van der Waals surface area contributed by atoms with Gasteiger partial charge in [-0.15, -0.1) is 0 Å². The third-order valence-electron chi connectivity index (χ3n) is 2.72. The van der Waals surface area contributed by atoms with E-state index in [1.165, 1.54) is 0 Å². The van der Waals surface area contributed by atoms with Crippen LogP contribution in [0, 0.1) is 12.3 Å². The van der Waals surface area contributed by atoms with Gasteiger partial charge in [-0.25, -0.2) is 4.98 Å². The predicted octanol–water partition coefficient (Wildman–Crippen LogP) is 1.65. The monoisotopic (exact) mass is 238 g/mol. The molecule has 0 saturated carbocycles. The molecule has 0 radical (unpaired) electrons. The van der Waals surface area contributed by atoms with Crippen molar-refractivity contribution in [2.45, 2.75) is 27.2 Å². The van der Waals surface area contributed by atoms with Crippen LogP contribution in [-0.2, 0) is 0 Å². The highest BCUT2D eigenvalue weighted by molar-refractivity contribution is 5.46. The number of anilines is 2. The van der Waals surface area contributed by atoms with E-state index in [9.17, 15) is 0 Å². The van der Waals surface area contributed by atoms with Gasteiger partial charge < -0.3 is 15.7 Å². The lowest BCUT2D eigenvalue weighted by Crippen LogP contribution is -2.25. The van der Waals surface area contributed by atoms with E-state index in [2.05, 4.69) is 34.4 Å². The van der Waals surface area contributed by atoms with Gasteiger partial charge in [-0.2, -0.15) is 4.98 Å². The fraction of sp³-hybridized carbons (Fsp3) is 0.667. The molecule has 1 aromatic rings. The molecule has 0 aromatic carbocycles. The maximum atomic E-state index is 8.97.